The fourth-order valence-corrected chi connectivity index (χ4v) is 3.57. The monoisotopic (exact) mass is 419 g/mol. The largest absolute Gasteiger partial charge is 0.353 e. The summed E-state index contributed by atoms with van der Waals surface area (Å²) in [6.45, 7) is 1.85. The Morgan fingerprint density at radius 2 is 1.68 bits per heavy atom. The lowest BCUT2D eigenvalue weighted by Crippen LogP contribution is -2.46. The molecule has 2 N–H and O–H groups in total. The number of carbonyl (C=O) groups is 2. The Morgan fingerprint density at radius 1 is 0.964 bits per heavy atom. The molecule has 0 aromatic heterocycles. The lowest BCUT2D eigenvalue weighted by molar-refractivity contribution is -0.122. The maximum absolute atomic E-state index is 12.2. The van der Waals surface area contributed by atoms with Gasteiger partial charge in [-0.15, -0.1) is 0 Å². The van der Waals surface area contributed by atoms with E-state index in [9.17, 15) is 9.59 Å². The van der Waals surface area contributed by atoms with Crippen LogP contribution >= 0.6 is 23.2 Å². The molecular formula is C21H23Cl2N3O2. The minimum absolute atomic E-state index is 0.0435. The standard InChI is InChI=1S/C21H23Cl2N3O2/c22-18-7-6-17(13-19(18)23)25-21(28)14-26-10-8-16(9-11-26)24-20(27)12-15-4-2-1-3-5-15/h1-7,13,16H,8-12,14H2,(H,24,27)(H,25,28). The molecule has 3 rings (SSSR count). The number of nitrogens with one attached hydrogen (secondary N) is 2. The number of anilines is 1. The highest BCUT2D eigenvalue weighted by molar-refractivity contribution is 6.42. The van der Waals surface area contributed by atoms with Gasteiger partial charge in [0.1, 0.15) is 0 Å². The van der Waals surface area contributed by atoms with Gasteiger partial charge in [-0.3, -0.25) is 14.5 Å². The fourth-order valence-electron chi connectivity index (χ4n) is 3.27. The van der Waals surface area contributed by atoms with E-state index in [1.165, 1.54) is 0 Å². The smallest absolute Gasteiger partial charge is 0.238 e. The molecule has 5 nitrogen and oxygen atoms in total. The van der Waals surface area contributed by atoms with Crippen LogP contribution in [-0.4, -0.2) is 42.4 Å². The van der Waals surface area contributed by atoms with Gasteiger partial charge >= 0.3 is 0 Å². The fraction of sp³-hybridized carbons (Fsp3) is 0.333. The van der Waals surface area contributed by atoms with E-state index < -0.39 is 0 Å². The highest BCUT2D eigenvalue weighted by atomic mass is 35.5. The second kappa shape index (κ2) is 9.92. The van der Waals surface area contributed by atoms with E-state index in [1.807, 2.05) is 30.3 Å². The SMILES string of the molecule is O=C(CN1CCC(NC(=O)Cc2ccccc2)CC1)Nc1ccc(Cl)c(Cl)c1. The number of rotatable bonds is 6. The quantitative estimate of drug-likeness (QED) is 0.748. The molecule has 28 heavy (non-hydrogen) atoms. The molecule has 0 bridgehead atoms. The summed E-state index contributed by atoms with van der Waals surface area (Å²) in [5.41, 5.74) is 1.64. The highest BCUT2D eigenvalue weighted by Crippen LogP contribution is 2.25. The number of nitrogens with zero attached hydrogens (tertiary/aromatic N) is 1. The Bertz CT molecular complexity index is 822. The van der Waals surface area contributed by atoms with E-state index in [2.05, 4.69) is 15.5 Å². The van der Waals surface area contributed by atoms with Crippen LogP contribution in [0.15, 0.2) is 48.5 Å². The Labute approximate surface area is 175 Å². The number of carbonyl (C=O) groups excluding carboxylic acids is 2. The predicted molar refractivity (Wildman–Crippen MR) is 113 cm³/mol. The molecule has 1 heterocycles. The van der Waals surface area contributed by atoms with Gasteiger partial charge in [-0.05, 0) is 36.6 Å². The predicted octanol–water partition coefficient (Wildman–Crippen LogP) is 3.76. The summed E-state index contributed by atoms with van der Waals surface area (Å²) in [7, 11) is 0. The van der Waals surface area contributed by atoms with Crippen molar-refractivity contribution in [2.24, 2.45) is 0 Å². The lowest BCUT2D eigenvalue weighted by atomic mass is 10.0. The van der Waals surface area contributed by atoms with Gasteiger partial charge in [-0.1, -0.05) is 53.5 Å². The van der Waals surface area contributed by atoms with E-state index in [4.69, 9.17) is 23.2 Å². The zero-order valence-electron chi connectivity index (χ0n) is 15.5. The molecule has 0 unspecified atom stereocenters. The first-order valence-corrected chi connectivity index (χ1v) is 10.1. The molecule has 2 aromatic rings. The Kier molecular flexibility index (Phi) is 7.31. The average Bonchev–Trinajstić information content (AvgIpc) is 2.67. The van der Waals surface area contributed by atoms with Gasteiger partial charge in [0.15, 0.2) is 0 Å². The van der Waals surface area contributed by atoms with Crippen molar-refractivity contribution in [1.29, 1.82) is 0 Å². The second-order valence-electron chi connectivity index (χ2n) is 6.96. The molecule has 0 spiro atoms. The Balaban J connectivity index is 1.39. The molecule has 1 saturated heterocycles. The second-order valence-corrected chi connectivity index (χ2v) is 7.77. The van der Waals surface area contributed by atoms with E-state index >= 15 is 0 Å². The van der Waals surface area contributed by atoms with Crippen molar-refractivity contribution in [3.8, 4) is 0 Å². The molecule has 0 radical (unpaired) electrons. The van der Waals surface area contributed by atoms with Crippen molar-refractivity contribution >= 4 is 40.7 Å². The summed E-state index contributed by atoms with van der Waals surface area (Å²) in [5.74, 6) is -0.0491. The summed E-state index contributed by atoms with van der Waals surface area (Å²) >= 11 is 11.9. The van der Waals surface area contributed by atoms with Crippen LogP contribution in [0.3, 0.4) is 0 Å². The van der Waals surface area contributed by atoms with Crippen molar-refractivity contribution < 1.29 is 9.59 Å². The number of likely N-dealkylation sites (tertiary alicyclic amines) is 1. The molecule has 2 aromatic carbocycles. The van der Waals surface area contributed by atoms with E-state index in [0.29, 0.717) is 28.7 Å². The minimum Gasteiger partial charge on any atom is -0.353 e. The van der Waals surface area contributed by atoms with Crippen molar-refractivity contribution in [2.75, 3.05) is 25.0 Å². The van der Waals surface area contributed by atoms with E-state index in [-0.39, 0.29) is 17.9 Å². The lowest BCUT2D eigenvalue weighted by Gasteiger charge is -2.31. The highest BCUT2D eigenvalue weighted by Gasteiger charge is 2.22. The van der Waals surface area contributed by atoms with Gasteiger partial charge in [0.05, 0.1) is 23.0 Å². The van der Waals surface area contributed by atoms with Crippen LogP contribution in [0.2, 0.25) is 10.0 Å². The minimum atomic E-state index is -0.0926. The van der Waals surface area contributed by atoms with Gasteiger partial charge in [0, 0.05) is 24.8 Å². The molecule has 148 valence electrons. The maximum atomic E-state index is 12.2. The molecule has 1 fully saturated rings. The van der Waals surface area contributed by atoms with Gasteiger partial charge in [0.25, 0.3) is 0 Å². The summed E-state index contributed by atoms with van der Waals surface area (Å²) in [4.78, 5) is 26.5. The summed E-state index contributed by atoms with van der Waals surface area (Å²) in [6.07, 6.45) is 2.06. The van der Waals surface area contributed by atoms with Crippen LogP contribution in [0.4, 0.5) is 5.69 Å². The van der Waals surface area contributed by atoms with Crippen molar-refractivity contribution in [3.05, 3.63) is 64.1 Å². The first-order chi connectivity index (χ1) is 13.5. The molecule has 7 heteroatoms. The molecule has 0 aliphatic carbocycles. The topological polar surface area (TPSA) is 61.4 Å². The molecule has 0 saturated carbocycles. The number of piperidine rings is 1. The zero-order chi connectivity index (χ0) is 19.9. The summed E-state index contributed by atoms with van der Waals surface area (Å²) < 4.78 is 0. The molecular weight excluding hydrogens is 397 g/mol. The molecule has 0 atom stereocenters. The van der Waals surface area contributed by atoms with E-state index in [1.54, 1.807) is 18.2 Å². The van der Waals surface area contributed by atoms with Crippen molar-refractivity contribution in [2.45, 2.75) is 25.3 Å². The zero-order valence-corrected chi connectivity index (χ0v) is 17.0. The summed E-state index contributed by atoms with van der Waals surface area (Å²) in [5, 5.41) is 6.80. The molecule has 1 aliphatic heterocycles. The van der Waals surface area contributed by atoms with Crippen LogP contribution in [0, 0.1) is 0 Å². The third-order valence-corrected chi connectivity index (χ3v) is 5.47. The first kappa shape index (κ1) is 20.6. The van der Waals surface area contributed by atoms with Gasteiger partial charge in [-0.2, -0.15) is 0 Å². The van der Waals surface area contributed by atoms with E-state index in [0.717, 1.165) is 31.5 Å². The first-order valence-electron chi connectivity index (χ1n) is 9.30. The third kappa shape index (κ3) is 6.23. The molecule has 1 aliphatic rings. The number of hydrogen-bond acceptors (Lipinski definition) is 3. The van der Waals surface area contributed by atoms with Crippen LogP contribution < -0.4 is 10.6 Å². The summed E-state index contributed by atoms with van der Waals surface area (Å²) in [6, 6.07) is 14.9. The Morgan fingerprint density at radius 3 is 2.36 bits per heavy atom. The average molecular weight is 420 g/mol. The number of hydrogen-bond donors (Lipinski definition) is 2. The van der Waals surface area contributed by atoms with Crippen LogP contribution in [-0.2, 0) is 16.0 Å². The van der Waals surface area contributed by atoms with Crippen LogP contribution in [0.1, 0.15) is 18.4 Å². The molecule has 2 amide bonds. The Hall–Kier alpha value is -2.08. The van der Waals surface area contributed by atoms with Gasteiger partial charge < -0.3 is 10.6 Å². The number of amides is 2. The number of halogens is 2. The van der Waals surface area contributed by atoms with Crippen molar-refractivity contribution in [3.63, 3.8) is 0 Å². The van der Waals surface area contributed by atoms with Gasteiger partial charge in [0.2, 0.25) is 11.8 Å². The van der Waals surface area contributed by atoms with Gasteiger partial charge in [-0.25, -0.2) is 0 Å². The number of benzene rings is 2. The third-order valence-electron chi connectivity index (χ3n) is 4.73. The van der Waals surface area contributed by atoms with Crippen LogP contribution in [0.5, 0.6) is 0 Å². The maximum Gasteiger partial charge on any atom is 0.238 e. The van der Waals surface area contributed by atoms with Crippen LogP contribution in [0.25, 0.3) is 0 Å². The van der Waals surface area contributed by atoms with Crippen molar-refractivity contribution in [1.82, 2.24) is 10.2 Å². The normalized spacial score (nSPS) is 15.2.